The van der Waals surface area contributed by atoms with Crippen molar-refractivity contribution in [3.05, 3.63) is 0 Å². The average Bonchev–Trinajstić information content (AvgIpc) is 2.56. The van der Waals surface area contributed by atoms with Gasteiger partial charge in [-0.25, -0.2) is 0 Å². The Balaban J connectivity index is 1.99. The quantitative estimate of drug-likeness (QED) is 0.702. The van der Waals surface area contributed by atoms with Gasteiger partial charge in [-0.05, 0) is 18.8 Å². The SMILES string of the molecule is CC(C)C(N)COCC1CCCO1. The lowest BCUT2D eigenvalue weighted by molar-refractivity contribution is 0.00985. The van der Waals surface area contributed by atoms with Crippen LogP contribution < -0.4 is 5.73 Å². The zero-order valence-corrected chi connectivity index (χ0v) is 8.66. The molecule has 78 valence electrons. The predicted octanol–water partition coefficient (Wildman–Crippen LogP) is 1.17. The van der Waals surface area contributed by atoms with Crippen molar-refractivity contribution in [3.63, 3.8) is 0 Å². The molecular formula is C10H21NO2. The van der Waals surface area contributed by atoms with Gasteiger partial charge in [0, 0.05) is 12.6 Å². The van der Waals surface area contributed by atoms with E-state index in [0.29, 0.717) is 25.2 Å². The van der Waals surface area contributed by atoms with E-state index in [4.69, 9.17) is 15.2 Å². The molecule has 0 aromatic rings. The van der Waals surface area contributed by atoms with Crippen LogP contribution in [-0.2, 0) is 9.47 Å². The smallest absolute Gasteiger partial charge is 0.0809 e. The molecule has 0 spiro atoms. The zero-order valence-electron chi connectivity index (χ0n) is 8.66. The molecule has 0 aliphatic carbocycles. The molecule has 2 N–H and O–H groups in total. The van der Waals surface area contributed by atoms with Crippen LogP contribution in [0.1, 0.15) is 26.7 Å². The minimum absolute atomic E-state index is 0.154. The Bertz CT molecular complexity index is 131. The summed E-state index contributed by atoms with van der Waals surface area (Å²) in [4.78, 5) is 0. The first kappa shape index (κ1) is 11.0. The van der Waals surface area contributed by atoms with Crippen LogP contribution in [-0.4, -0.2) is 32.0 Å². The van der Waals surface area contributed by atoms with Crippen molar-refractivity contribution >= 4 is 0 Å². The molecule has 3 nitrogen and oxygen atoms in total. The molecule has 0 radical (unpaired) electrons. The second-order valence-electron chi connectivity index (χ2n) is 4.08. The van der Waals surface area contributed by atoms with Gasteiger partial charge in [-0.15, -0.1) is 0 Å². The summed E-state index contributed by atoms with van der Waals surface area (Å²) in [6.07, 6.45) is 2.63. The van der Waals surface area contributed by atoms with Crippen molar-refractivity contribution < 1.29 is 9.47 Å². The van der Waals surface area contributed by atoms with E-state index in [-0.39, 0.29) is 6.04 Å². The van der Waals surface area contributed by atoms with E-state index in [9.17, 15) is 0 Å². The van der Waals surface area contributed by atoms with Gasteiger partial charge in [0.05, 0.1) is 19.3 Å². The molecule has 2 atom stereocenters. The number of hydrogen-bond acceptors (Lipinski definition) is 3. The van der Waals surface area contributed by atoms with Gasteiger partial charge >= 0.3 is 0 Å². The first-order valence-corrected chi connectivity index (χ1v) is 5.15. The molecule has 0 bridgehead atoms. The number of ether oxygens (including phenoxy) is 2. The summed E-state index contributed by atoms with van der Waals surface area (Å²) >= 11 is 0. The lowest BCUT2D eigenvalue weighted by Crippen LogP contribution is -2.33. The molecule has 1 aliphatic heterocycles. The molecule has 0 aromatic heterocycles. The largest absolute Gasteiger partial charge is 0.377 e. The summed E-state index contributed by atoms with van der Waals surface area (Å²) in [5.74, 6) is 0.490. The Hall–Kier alpha value is -0.120. The number of hydrogen-bond donors (Lipinski definition) is 1. The maximum absolute atomic E-state index is 5.84. The third kappa shape index (κ3) is 4.07. The number of rotatable bonds is 5. The summed E-state index contributed by atoms with van der Waals surface area (Å²) in [6, 6.07) is 0.154. The Morgan fingerprint density at radius 1 is 1.54 bits per heavy atom. The molecular weight excluding hydrogens is 166 g/mol. The monoisotopic (exact) mass is 187 g/mol. The molecule has 1 rings (SSSR count). The van der Waals surface area contributed by atoms with E-state index in [0.717, 1.165) is 13.0 Å². The normalized spacial score (nSPS) is 25.4. The first-order valence-electron chi connectivity index (χ1n) is 5.15. The second-order valence-corrected chi connectivity index (χ2v) is 4.08. The first-order chi connectivity index (χ1) is 6.20. The lowest BCUT2D eigenvalue weighted by Gasteiger charge is -2.17. The van der Waals surface area contributed by atoms with Crippen LogP contribution in [0.2, 0.25) is 0 Å². The molecule has 0 saturated carbocycles. The van der Waals surface area contributed by atoms with Gasteiger partial charge < -0.3 is 15.2 Å². The van der Waals surface area contributed by atoms with Crippen molar-refractivity contribution in [3.8, 4) is 0 Å². The highest BCUT2D eigenvalue weighted by Gasteiger charge is 2.16. The van der Waals surface area contributed by atoms with Gasteiger partial charge in [-0.1, -0.05) is 13.8 Å². The molecule has 0 amide bonds. The molecule has 3 heteroatoms. The van der Waals surface area contributed by atoms with Crippen LogP contribution in [0.4, 0.5) is 0 Å². The van der Waals surface area contributed by atoms with E-state index >= 15 is 0 Å². The second kappa shape index (κ2) is 5.58. The summed E-state index contributed by atoms with van der Waals surface area (Å²) in [7, 11) is 0. The van der Waals surface area contributed by atoms with E-state index in [1.54, 1.807) is 0 Å². The van der Waals surface area contributed by atoms with Crippen LogP contribution in [0.3, 0.4) is 0 Å². The maximum atomic E-state index is 5.84. The third-order valence-electron chi connectivity index (χ3n) is 2.49. The molecule has 1 saturated heterocycles. The van der Waals surface area contributed by atoms with Crippen molar-refractivity contribution in [1.82, 2.24) is 0 Å². The van der Waals surface area contributed by atoms with E-state index in [1.807, 2.05) is 0 Å². The highest BCUT2D eigenvalue weighted by atomic mass is 16.5. The molecule has 2 unspecified atom stereocenters. The van der Waals surface area contributed by atoms with Gasteiger partial charge in [0.15, 0.2) is 0 Å². The average molecular weight is 187 g/mol. The summed E-state index contributed by atoms with van der Waals surface area (Å²) in [5, 5.41) is 0. The van der Waals surface area contributed by atoms with Crippen molar-refractivity contribution in [2.75, 3.05) is 19.8 Å². The van der Waals surface area contributed by atoms with Crippen LogP contribution in [0.15, 0.2) is 0 Å². The Kier molecular flexibility index (Phi) is 4.70. The van der Waals surface area contributed by atoms with Crippen molar-refractivity contribution in [1.29, 1.82) is 0 Å². The molecule has 13 heavy (non-hydrogen) atoms. The fourth-order valence-electron chi connectivity index (χ4n) is 1.30. The number of nitrogens with two attached hydrogens (primary N) is 1. The van der Waals surface area contributed by atoms with Gasteiger partial charge in [0.2, 0.25) is 0 Å². The molecule has 1 aliphatic rings. The maximum Gasteiger partial charge on any atom is 0.0809 e. The Morgan fingerprint density at radius 2 is 2.31 bits per heavy atom. The van der Waals surface area contributed by atoms with Crippen LogP contribution >= 0.6 is 0 Å². The van der Waals surface area contributed by atoms with Crippen LogP contribution in [0.25, 0.3) is 0 Å². The van der Waals surface area contributed by atoms with E-state index in [1.165, 1.54) is 6.42 Å². The summed E-state index contributed by atoms with van der Waals surface area (Å²) in [6.45, 7) is 6.47. The van der Waals surface area contributed by atoms with Gasteiger partial charge in [-0.3, -0.25) is 0 Å². The van der Waals surface area contributed by atoms with Crippen LogP contribution in [0.5, 0.6) is 0 Å². The summed E-state index contributed by atoms with van der Waals surface area (Å²) < 4.78 is 10.9. The van der Waals surface area contributed by atoms with E-state index < -0.39 is 0 Å². The molecule has 1 heterocycles. The standard InChI is InChI=1S/C10H21NO2/c1-8(2)10(11)7-12-6-9-4-3-5-13-9/h8-10H,3-7,11H2,1-2H3. The fourth-order valence-corrected chi connectivity index (χ4v) is 1.30. The van der Waals surface area contributed by atoms with Gasteiger partial charge in [-0.2, -0.15) is 0 Å². The highest BCUT2D eigenvalue weighted by Crippen LogP contribution is 2.12. The molecule has 1 fully saturated rings. The third-order valence-corrected chi connectivity index (χ3v) is 2.49. The lowest BCUT2D eigenvalue weighted by atomic mass is 10.1. The van der Waals surface area contributed by atoms with Crippen LogP contribution in [0, 0.1) is 5.92 Å². The molecule has 0 aromatic carbocycles. The zero-order chi connectivity index (χ0) is 9.68. The van der Waals surface area contributed by atoms with Crippen molar-refractivity contribution in [2.45, 2.75) is 38.8 Å². The topological polar surface area (TPSA) is 44.5 Å². The highest BCUT2D eigenvalue weighted by molar-refractivity contribution is 4.66. The fraction of sp³-hybridized carbons (Fsp3) is 1.00. The minimum Gasteiger partial charge on any atom is -0.377 e. The Labute approximate surface area is 80.6 Å². The predicted molar refractivity (Wildman–Crippen MR) is 52.6 cm³/mol. The van der Waals surface area contributed by atoms with Crippen molar-refractivity contribution in [2.24, 2.45) is 11.7 Å². The summed E-state index contributed by atoms with van der Waals surface area (Å²) in [5.41, 5.74) is 5.84. The van der Waals surface area contributed by atoms with E-state index in [2.05, 4.69) is 13.8 Å². The van der Waals surface area contributed by atoms with Gasteiger partial charge in [0.1, 0.15) is 0 Å². The minimum atomic E-state index is 0.154. The van der Waals surface area contributed by atoms with Gasteiger partial charge in [0.25, 0.3) is 0 Å². The Morgan fingerprint density at radius 3 is 2.85 bits per heavy atom.